The summed E-state index contributed by atoms with van der Waals surface area (Å²) in [5, 5.41) is 3.86. The smallest absolute Gasteiger partial charge is 0.248 e. The number of nitrogens with one attached hydrogen (secondary N) is 1. The molecule has 0 aliphatic carbocycles. The fraction of sp³-hybridized carbons (Fsp3) is 0. The number of carbonyl (C=O) groups excluding carboxylic acids is 1. The number of carbonyl (C=O) groups is 1. The number of hydrogen-bond donors (Lipinski definition) is 1. The van der Waals surface area contributed by atoms with Gasteiger partial charge >= 0.3 is 0 Å². The van der Waals surface area contributed by atoms with Crippen molar-refractivity contribution >= 4 is 67.9 Å². The van der Waals surface area contributed by atoms with Crippen LogP contribution in [-0.2, 0) is 4.79 Å². The molecule has 5 rings (SSSR count). The van der Waals surface area contributed by atoms with E-state index in [2.05, 4.69) is 26.2 Å². The molecule has 3 aromatic carbocycles. The Balaban J connectivity index is 1.28. The van der Waals surface area contributed by atoms with Gasteiger partial charge in [0, 0.05) is 37.4 Å². The summed E-state index contributed by atoms with van der Waals surface area (Å²) in [7, 11) is 0. The second-order valence-electron chi connectivity index (χ2n) is 7.39. The predicted octanol–water partition coefficient (Wildman–Crippen LogP) is 8.48. The third-order valence-electron chi connectivity index (χ3n) is 4.92. The number of rotatable bonds is 5. The van der Waals surface area contributed by atoms with Gasteiger partial charge in [-0.3, -0.25) is 4.79 Å². The number of aromatic nitrogens is 1. The van der Waals surface area contributed by atoms with Crippen LogP contribution in [0.5, 0.6) is 0 Å². The Labute approximate surface area is 213 Å². The van der Waals surface area contributed by atoms with Crippen LogP contribution in [0.4, 0.5) is 5.69 Å². The van der Waals surface area contributed by atoms with E-state index < -0.39 is 0 Å². The van der Waals surface area contributed by atoms with Crippen molar-refractivity contribution in [2.75, 3.05) is 5.32 Å². The molecule has 0 spiro atoms. The van der Waals surface area contributed by atoms with Gasteiger partial charge in [-0.05, 0) is 78.9 Å². The molecule has 0 atom stereocenters. The number of furan rings is 1. The van der Waals surface area contributed by atoms with Crippen molar-refractivity contribution in [2.24, 2.45) is 0 Å². The number of oxazole rings is 1. The lowest BCUT2D eigenvalue weighted by atomic mass is 10.2. The van der Waals surface area contributed by atoms with E-state index in [0.29, 0.717) is 44.2 Å². The largest absolute Gasteiger partial charge is 0.457 e. The molecule has 8 heteroatoms. The molecule has 0 fully saturated rings. The van der Waals surface area contributed by atoms with Crippen LogP contribution in [0, 0.1) is 0 Å². The topological polar surface area (TPSA) is 68.3 Å². The molecule has 0 aliphatic heterocycles. The lowest BCUT2D eigenvalue weighted by molar-refractivity contribution is -0.111. The minimum atomic E-state index is -0.306. The van der Waals surface area contributed by atoms with Gasteiger partial charge < -0.3 is 14.2 Å². The Morgan fingerprint density at radius 2 is 1.65 bits per heavy atom. The summed E-state index contributed by atoms with van der Waals surface area (Å²) in [6.45, 7) is 0. The van der Waals surface area contributed by atoms with Gasteiger partial charge in [-0.25, -0.2) is 4.98 Å². The number of fused-ring (bicyclic) bond motifs is 1. The van der Waals surface area contributed by atoms with Gasteiger partial charge in [0.2, 0.25) is 11.8 Å². The van der Waals surface area contributed by atoms with E-state index in [0.717, 1.165) is 15.6 Å². The number of nitrogens with zero attached hydrogens (tertiary/aromatic N) is 1. The number of anilines is 1. The van der Waals surface area contributed by atoms with Gasteiger partial charge in [0.25, 0.3) is 0 Å². The van der Waals surface area contributed by atoms with Crippen molar-refractivity contribution in [3.05, 3.63) is 99.2 Å². The summed E-state index contributed by atoms with van der Waals surface area (Å²) < 4.78 is 12.6. The molecule has 1 N–H and O–H groups in total. The lowest BCUT2D eigenvalue weighted by Gasteiger charge is -2.01. The quantitative estimate of drug-likeness (QED) is 0.221. The van der Waals surface area contributed by atoms with Crippen LogP contribution in [-0.4, -0.2) is 10.9 Å². The van der Waals surface area contributed by atoms with Gasteiger partial charge in [-0.15, -0.1) is 0 Å². The van der Waals surface area contributed by atoms with E-state index in [-0.39, 0.29) is 5.91 Å². The Kier molecular flexibility index (Phi) is 6.28. The monoisotopic (exact) mass is 552 g/mol. The molecule has 0 bridgehead atoms. The fourth-order valence-electron chi connectivity index (χ4n) is 3.36. The van der Waals surface area contributed by atoms with E-state index >= 15 is 0 Å². The molecule has 0 saturated carbocycles. The van der Waals surface area contributed by atoms with E-state index in [9.17, 15) is 4.79 Å². The van der Waals surface area contributed by atoms with Crippen LogP contribution in [0.3, 0.4) is 0 Å². The number of hydrogen-bond acceptors (Lipinski definition) is 4. The minimum absolute atomic E-state index is 0.306. The summed E-state index contributed by atoms with van der Waals surface area (Å²) in [4.78, 5) is 17.0. The zero-order valence-electron chi connectivity index (χ0n) is 17.4. The summed E-state index contributed by atoms with van der Waals surface area (Å²) in [5.41, 5.74) is 3.51. The van der Waals surface area contributed by atoms with E-state index in [1.807, 2.05) is 24.3 Å². The maximum absolute atomic E-state index is 12.4. The molecular formula is C26H15BrCl2N2O3. The average molecular weight is 554 g/mol. The second kappa shape index (κ2) is 9.50. The van der Waals surface area contributed by atoms with Crippen molar-refractivity contribution in [1.82, 2.24) is 4.98 Å². The predicted molar refractivity (Wildman–Crippen MR) is 139 cm³/mol. The Hall–Kier alpha value is -3.32. The Morgan fingerprint density at radius 1 is 0.882 bits per heavy atom. The third kappa shape index (κ3) is 5.09. The van der Waals surface area contributed by atoms with Crippen LogP contribution >= 0.6 is 39.1 Å². The minimum Gasteiger partial charge on any atom is -0.457 e. The van der Waals surface area contributed by atoms with Crippen molar-refractivity contribution in [2.45, 2.75) is 0 Å². The SMILES string of the molecule is O=C(/C=C/c1ccc(-c2cc(Cl)cc(Cl)c2)o1)Nc1ccc2oc(-c3ccc(Br)cc3)nc2c1. The molecule has 34 heavy (non-hydrogen) atoms. The number of amides is 1. The highest BCUT2D eigenvalue weighted by Crippen LogP contribution is 2.29. The van der Waals surface area contributed by atoms with Crippen LogP contribution in [0.2, 0.25) is 10.0 Å². The van der Waals surface area contributed by atoms with Crippen molar-refractivity contribution in [1.29, 1.82) is 0 Å². The highest BCUT2D eigenvalue weighted by atomic mass is 79.9. The Morgan fingerprint density at radius 3 is 2.41 bits per heavy atom. The molecule has 5 nitrogen and oxygen atoms in total. The first kappa shape index (κ1) is 22.5. The standard InChI is InChI=1S/C26H15BrCl2N2O3/c27-17-3-1-15(2-4-17)26-31-22-14-20(5-8-24(22)34-26)30-25(32)10-7-21-6-9-23(33-21)16-11-18(28)13-19(29)12-16/h1-14H,(H,30,32)/b10-7+. The fourth-order valence-corrected chi connectivity index (χ4v) is 4.15. The van der Waals surface area contributed by atoms with Gasteiger partial charge in [-0.2, -0.15) is 0 Å². The van der Waals surface area contributed by atoms with Gasteiger partial charge in [0.05, 0.1) is 0 Å². The molecule has 1 amide bonds. The Bertz CT molecular complexity index is 1520. The summed E-state index contributed by atoms with van der Waals surface area (Å²) in [5.74, 6) is 1.33. The zero-order valence-corrected chi connectivity index (χ0v) is 20.5. The molecule has 2 heterocycles. The molecular weight excluding hydrogens is 539 g/mol. The maximum Gasteiger partial charge on any atom is 0.248 e. The molecule has 0 unspecified atom stereocenters. The van der Waals surface area contributed by atoms with Crippen LogP contribution in [0.15, 0.2) is 92.2 Å². The van der Waals surface area contributed by atoms with Gasteiger partial charge in [0.1, 0.15) is 17.0 Å². The van der Waals surface area contributed by atoms with Crippen molar-refractivity contribution in [3.63, 3.8) is 0 Å². The highest BCUT2D eigenvalue weighted by Gasteiger charge is 2.10. The lowest BCUT2D eigenvalue weighted by Crippen LogP contribution is -2.07. The zero-order chi connectivity index (χ0) is 23.7. The molecule has 0 radical (unpaired) electrons. The van der Waals surface area contributed by atoms with Crippen molar-refractivity contribution in [3.8, 4) is 22.8 Å². The average Bonchev–Trinajstić information content (AvgIpc) is 3.44. The van der Waals surface area contributed by atoms with Gasteiger partial charge in [-0.1, -0.05) is 39.1 Å². The van der Waals surface area contributed by atoms with Crippen molar-refractivity contribution < 1.29 is 13.6 Å². The van der Waals surface area contributed by atoms with E-state index in [1.165, 1.54) is 6.08 Å². The van der Waals surface area contributed by atoms with Crippen LogP contribution in [0.25, 0.3) is 40.0 Å². The maximum atomic E-state index is 12.4. The molecule has 0 saturated heterocycles. The molecule has 5 aromatic rings. The van der Waals surface area contributed by atoms with E-state index in [4.69, 9.17) is 32.0 Å². The molecule has 0 aliphatic rings. The van der Waals surface area contributed by atoms with Crippen LogP contribution in [0.1, 0.15) is 5.76 Å². The summed E-state index contributed by atoms with van der Waals surface area (Å²) in [6, 6.07) is 21.7. The first-order valence-corrected chi connectivity index (χ1v) is 11.7. The molecule has 168 valence electrons. The number of benzene rings is 3. The molecule has 2 aromatic heterocycles. The normalized spacial score (nSPS) is 11.4. The number of halogens is 3. The highest BCUT2D eigenvalue weighted by molar-refractivity contribution is 9.10. The summed E-state index contributed by atoms with van der Waals surface area (Å²) in [6.07, 6.45) is 2.99. The first-order valence-electron chi connectivity index (χ1n) is 10.1. The first-order chi connectivity index (χ1) is 16.4. The third-order valence-corrected chi connectivity index (χ3v) is 5.88. The van der Waals surface area contributed by atoms with Crippen LogP contribution < -0.4 is 5.32 Å². The second-order valence-corrected chi connectivity index (χ2v) is 9.18. The van der Waals surface area contributed by atoms with Gasteiger partial charge in [0.15, 0.2) is 5.58 Å². The summed E-state index contributed by atoms with van der Waals surface area (Å²) >= 11 is 15.5. The van der Waals surface area contributed by atoms with E-state index in [1.54, 1.807) is 54.6 Å².